The maximum Gasteiger partial charge on any atom is 0.334 e. The number of rotatable bonds is 7. The Balaban J connectivity index is 1.54. The lowest BCUT2D eigenvalue weighted by atomic mass is 9.51. The molecule has 194 valence electrons. The Morgan fingerprint density at radius 1 is 1.19 bits per heavy atom. The van der Waals surface area contributed by atoms with Crippen LogP contribution >= 0.6 is 0 Å². The minimum atomic E-state index is -0.334. The van der Waals surface area contributed by atoms with E-state index in [0.717, 1.165) is 37.9 Å². The molecule has 0 bridgehead atoms. The Morgan fingerprint density at radius 2 is 2.00 bits per heavy atom. The molecule has 2 unspecified atom stereocenters. The normalized spacial score (nSPS) is 33.4. The van der Waals surface area contributed by atoms with Crippen LogP contribution in [-0.2, 0) is 23.8 Å². The lowest BCUT2D eigenvalue weighted by Gasteiger charge is -2.55. The number of methoxy groups -OCH3 is 2. The van der Waals surface area contributed by atoms with E-state index in [-0.39, 0.29) is 17.0 Å². The summed E-state index contributed by atoms with van der Waals surface area (Å²) in [7, 11) is 3.66. The van der Waals surface area contributed by atoms with Crippen molar-refractivity contribution in [2.75, 3.05) is 27.4 Å². The van der Waals surface area contributed by atoms with Gasteiger partial charge in [0.1, 0.15) is 0 Å². The highest BCUT2D eigenvalue weighted by molar-refractivity contribution is 5.80. The number of allylic oxidation sites excluding steroid dienone is 2. The second-order valence-corrected chi connectivity index (χ2v) is 11.0. The van der Waals surface area contributed by atoms with Crippen LogP contribution in [0.15, 0.2) is 52.4 Å². The molecule has 0 saturated heterocycles. The number of oxime groups is 1. The zero-order valence-corrected chi connectivity index (χ0v) is 22.0. The third kappa shape index (κ3) is 4.12. The van der Waals surface area contributed by atoms with Crippen molar-refractivity contribution < 1.29 is 23.8 Å². The van der Waals surface area contributed by atoms with E-state index in [2.05, 4.69) is 36.3 Å². The van der Waals surface area contributed by atoms with Gasteiger partial charge in [-0.3, -0.25) is 0 Å². The monoisotopic (exact) mass is 493 g/mol. The molecule has 36 heavy (non-hydrogen) atoms. The van der Waals surface area contributed by atoms with Gasteiger partial charge in [0.2, 0.25) is 0 Å². The van der Waals surface area contributed by atoms with Crippen LogP contribution in [0.4, 0.5) is 0 Å². The van der Waals surface area contributed by atoms with Crippen molar-refractivity contribution in [3.05, 3.63) is 58.4 Å². The van der Waals surface area contributed by atoms with Gasteiger partial charge in [-0.05, 0) is 66.2 Å². The van der Waals surface area contributed by atoms with Crippen molar-refractivity contribution >= 4 is 12.2 Å². The van der Waals surface area contributed by atoms with Gasteiger partial charge in [0.25, 0.3) is 0 Å². The molecule has 1 aromatic rings. The molecule has 0 spiro atoms. The summed E-state index contributed by atoms with van der Waals surface area (Å²) in [4.78, 5) is 16.3. The average Bonchev–Trinajstić information content (AvgIpc) is 3.20. The van der Waals surface area contributed by atoms with Crippen molar-refractivity contribution in [3.63, 3.8) is 0 Å². The second kappa shape index (κ2) is 10.1. The van der Waals surface area contributed by atoms with Crippen LogP contribution in [0, 0.1) is 17.3 Å². The van der Waals surface area contributed by atoms with Gasteiger partial charge in [0.15, 0.2) is 0 Å². The molecule has 0 aromatic heterocycles. The fourth-order valence-corrected chi connectivity index (χ4v) is 7.70. The molecule has 1 heterocycles. The summed E-state index contributed by atoms with van der Waals surface area (Å²) in [6.07, 6.45) is 10.5. The van der Waals surface area contributed by atoms with E-state index in [1.54, 1.807) is 31.4 Å². The Morgan fingerprint density at radius 3 is 2.72 bits per heavy atom. The number of nitrogens with zero attached hydrogens (tertiary/aromatic N) is 1. The Bertz CT molecular complexity index is 1070. The molecule has 0 radical (unpaired) electrons. The van der Waals surface area contributed by atoms with E-state index >= 15 is 0 Å². The quantitative estimate of drug-likeness (QED) is 0.268. The van der Waals surface area contributed by atoms with Crippen molar-refractivity contribution in [3.8, 4) is 0 Å². The van der Waals surface area contributed by atoms with Crippen LogP contribution in [0.3, 0.4) is 0 Å². The molecular formula is C30H39NO5. The van der Waals surface area contributed by atoms with Crippen molar-refractivity contribution in [1.82, 2.24) is 0 Å². The maximum atomic E-state index is 11.4. The highest BCUT2D eigenvalue weighted by atomic mass is 16.7. The number of carbonyl (C=O) groups is 1. The first-order valence-corrected chi connectivity index (χ1v) is 13.4. The second-order valence-electron chi connectivity index (χ2n) is 11.0. The van der Waals surface area contributed by atoms with Crippen molar-refractivity contribution in [1.29, 1.82) is 0 Å². The van der Waals surface area contributed by atoms with Gasteiger partial charge in [0.05, 0.1) is 31.3 Å². The van der Waals surface area contributed by atoms with Crippen LogP contribution in [0.25, 0.3) is 0 Å². The van der Waals surface area contributed by atoms with Crippen LogP contribution in [0.5, 0.6) is 0 Å². The number of benzene rings is 1. The average molecular weight is 494 g/mol. The Labute approximate surface area is 214 Å². The number of fused-ring (bicyclic) bond motifs is 4. The SMILES string of the molecule is CCC(=O)ON=Cc1ccc([C@H]2C[C@@]3(C)C(CC[C@]3(COC)OC)C3CCC4=COCCC4=C32)cc1. The summed E-state index contributed by atoms with van der Waals surface area (Å²) in [5, 5.41) is 3.84. The minimum absolute atomic E-state index is 0.0258. The van der Waals surface area contributed by atoms with Gasteiger partial charge in [-0.1, -0.05) is 48.8 Å². The molecule has 1 aliphatic heterocycles. The highest BCUT2D eigenvalue weighted by Crippen LogP contribution is 2.67. The molecule has 2 saturated carbocycles. The fraction of sp³-hybridized carbons (Fsp3) is 0.600. The number of hydrogen-bond acceptors (Lipinski definition) is 6. The van der Waals surface area contributed by atoms with Crippen LogP contribution in [0.2, 0.25) is 0 Å². The molecule has 6 heteroatoms. The van der Waals surface area contributed by atoms with Gasteiger partial charge >= 0.3 is 5.97 Å². The lowest BCUT2D eigenvalue weighted by Crippen LogP contribution is -2.54. The van der Waals surface area contributed by atoms with Gasteiger partial charge in [0, 0.05) is 38.4 Å². The van der Waals surface area contributed by atoms with E-state index in [1.807, 2.05) is 13.4 Å². The number of carbonyl (C=O) groups excluding carboxylic acids is 1. The molecule has 5 rings (SSSR count). The van der Waals surface area contributed by atoms with Gasteiger partial charge < -0.3 is 19.0 Å². The largest absolute Gasteiger partial charge is 0.501 e. The summed E-state index contributed by atoms with van der Waals surface area (Å²) >= 11 is 0. The van der Waals surface area contributed by atoms with E-state index < -0.39 is 0 Å². The molecule has 6 nitrogen and oxygen atoms in total. The summed E-state index contributed by atoms with van der Waals surface area (Å²) in [5.41, 5.74) is 6.59. The van der Waals surface area contributed by atoms with E-state index in [1.165, 1.54) is 24.0 Å². The van der Waals surface area contributed by atoms with Gasteiger partial charge in [-0.15, -0.1) is 0 Å². The molecule has 5 atom stereocenters. The highest BCUT2D eigenvalue weighted by Gasteiger charge is 2.63. The first kappa shape index (κ1) is 25.2. The Hall–Kier alpha value is -2.44. The zero-order chi connectivity index (χ0) is 25.3. The molecule has 0 amide bonds. The molecule has 3 aliphatic carbocycles. The third-order valence-electron chi connectivity index (χ3n) is 9.52. The Kier molecular flexibility index (Phi) is 7.10. The lowest BCUT2D eigenvalue weighted by molar-refractivity contribution is -0.149. The standard InChI is InChI=1S/C30H39NO5/c1-5-27(32)36-31-17-20-6-8-21(9-7-20)25-16-29(2)26(12-14-30(29,34-4)19-33-3)24-11-10-22-18-35-15-13-23(22)28(24)25/h6-9,17-18,24-26H,5,10-16,19H2,1-4H3/t24?,25-,26?,29+,30-/m1/s1. The minimum Gasteiger partial charge on any atom is -0.501 e. The topological polar surface area (TPSA) is 66.4 Å². The summed E-state index contributed by atoms with van der Waals surface area (Å²) in [6, 6.07) is 8.59. The van der Waals surface area contributed by atoms with Gasteiger partial charge in [-0.2, -0.15) is 0 Å². The van der Waals surface area contributed by atoms with Crippen molar-refractivity contribution in [2.45, 2.75) is 70.3 Å². The fourth-order valence-electron chi connectivity index (χ4n) is 7.70. The van der Waals surface area contributed by atoms with Crippen LogP contribution < -0.4 is 0 Å². The molecule has 2 fully saturated rings. The maximum absolute atomic E-state index is 11.4. The molecule has 1 aromatic carbocycles. The number of ether oxygens (including phenoxy) is 3. The number of hydrogen-bond donors (Lipinski definition) is 0. The predicted molar refractivity (Wildman–Crippen MR) is 139 cm³/mol. The van der Waals surface area contributed by atoms with E-state index in [4.69, 9.17) is 19.0 Å². The van der Waals surface area contributed by atoms with E-state index in [9.17, 15) is 4.79 Å². The van der Waals surface area contributed by atoms with Crippen molar-refractivity contribution in [2.24, 2.45) is 22.4 Å². The molecule has 4 aliphatic rings. The van der Waals surface area contributed by atoms with Gasteiger partial charge in [-0.25, -0.2) is 4.79 Å². The first-order chi connectivity index (χ1) is 17.5. The summed E-state index contributed by atoms with van der Waals surface area (Å²) in [5.74, 6) is 1.14. The smallest absolute Gasteiger partial charge is 0.334 e. The summed E-state index contributed by atoms with van der Waals surface area (Å²) in [6.45, 7) is 5.61. The molecular weight excluding hydrogens is 454 g/mol. The summed E-state index contributed by atoms with van der Waals surface area (Å²) < 4.78 is 17.8. The molecule has 0 N–H and O–H groups in total. The van der Waals surface area contributed by atoms with E-state index in [0.29, 0.717) is 30.8 Å². The third-order valence-corrected chi connectivity index (χ3v) is 9.52. The first-order valence-electron chi connectivity index (χ1n) is 13.4. The predicted octanol–water partition coefficient (Wildman–Crippen LogP) is 5.92. The zero-order valence-electron chi connectivity index (χ0n) is 22.0. The van der Waals surface area contributed by atoms with Crippen LogP contribution in [0.1, 0.15) is 75.8 Å². The van der Waals surface area contributed by atoms with Crippen LogP contribution in [-0.4, -0.2) is 45.2 Å².